The summed E-state index contributed by atoms with van der Waals surface area (Å²) in [6.45, 7) is 6.72. The number of halogens is 1. The second-order valence-electron chi connectivity index (χ2n) is 5.96. The highest BCUT2D eigenvalue weighted by molar-refractivity contribution is 6.30. The van der Waals surface area contributed by atoms with Gasteiger partial charge in [-0.15, -0.1) is 0 Å². The molecule has 0 saturated carbocycles. The van der Waals surface area contributed by atoms with Crippen molar-refractivity contribution < 1.29 is 0 Å². The molecule has 1 aromatic heterocycles. The lowest BCUT2D eigenvalue weighted by molar-refractivity contribution is 0.464. The number of nitrogens with two attached hydrogens (primary N) is 1. The number of anilines is 3. The van der Waals surface area contributed by atoms with Crippen molar-refractivity contribution in [3.63, 3.8) is 0 Å². The molecule has 0 aliphatic carbocycles. The quantitative estimate of drug-likeness (QED) is 0.633. The zero-order chi connectivity index (χ0) is 16.2. The number of rotatable bonds is 5. The predicted octanol–water partition coefficient (Wildman–Crippen LogP) is 3.04. The summed E-state index contributed by atoms with van der Waals surface area (Å²) in [7, 11) is 0. The molecule has 0 amide bonds. The van der Waals surface area contributed by atoms with Gasteiger partial charge in [0.05, 0.1) is 0 Å². The molecule has 1 aromatic carbocycles. The van der Waals surface area contributed by atoms with Crippen molar-refractivity contribution in [2.75, 3.05) is 16.5 Å². The van der Waals surface area contributed by atoms with E-state index in [4.69, 9.17) is 17.3 Å². The fraction of sp³-hybridized carbons (Fsp3) is 0.333. The third-order valence-electron chi connectivity index (χ3n) is 2.81. The van der Waals surface area contributed by atoms with Gasteiger partial charge in [0.15, 0.2) is 11.6 Å². The molecule has 0 unspecified atom stereocenters. The maximum Gasteiger partial charge on any atom is 0.169 e. The van der Waals surface area contributed by atoms with E-state index in [1.807, 2.05) is 45.0 Å². The average molecular weight is 321 g/mol. The van der Waals surface area contributed by atoms with Gasteiger partial charge in [-0.3, -0.25) is 0 Å². The predicted molar refractivity (Wildman–Crippen MR) is 91.7 cm³/mol. The van der Waals surface area contributed by atoms with Gasteiger partial charge in [0.25, 0.3) is 0 Å². The molecule has 2 rings (SSSR count). The van der Waals surface area contributed by atoms with Gasteiger partial charge in [0.1, 0.15) is 12.0 Å². The third kappa shape index (κ3) is 4.75. The molecule has 7 heteroatoms. The Morgan fingerprint density at radius 3 is 2.36 bits per heavy atom. The van der Waals surface area contributed by atoms with Gasteiger partial charge in [0, 0.05) is 17.1 Å². The molecule has 0 atom stereocenters. The maximum atomic E-state index is 6.09. The molecule has 5 N–H and O–H groups in total. The molecule has 0 aliphatic rings. The molecule has 0 fully saturated rings. The molecule has 0 aliphatic heterocycles. The summed E-state index contributed by atoms with van der Waals surface area (Å²) in [4.78, 5) is 8.32. The number of aromatic nitrogens is 2. The van der Waals surface area contributed by atoms with E-state index in [0.29, 0.717) is 28.9 Å². The Morgan fingerprint density at radius 2 is 1.73 bits per heavy atom. The van der Waals surface area contributed by atoms with Gasteiger partial charge in [-0.25, -0.2) is 15.4 Å². The summed E-state index contributed by atoms with van der Waals surface area (Å²) in [5, 5.41) is 3.91. The number of nitrogens with one attached hydrogen (secondary N) is 3. The standard InChI is InChI=1S/C15H21ClN6/c1-15(2,3)22-21-14-12(17)13(19-9-20-14)18-8-10-4-6-11(16)7-5-10/h4-7,9,22H,8,17H2,1-3H3,(H2,18,19,20,21). The first-order chi connectivity index (χ1) is 10.3. The van der Waals surface area contributed by atoms with Crippen LogP contribution in [0.4, 0.5) is 17.3 Å². The first kappa shape index (κ1) is 16.3. The zero-order valence-electron chi connectivity index (χ0n) is 12.9. The van der Waals surface area contributed by atoms with Crippen LogP contribution in [0.1, 0.15) is 26.3 Å². The summed E-state index contributed by atoms with van der Waals surface area (Å²) >= 11 is 5.87. The average Bonchev–Trinajstić information content (AvgIpc) is 2.46. The number of benzene rings is 1. The van der Waals surface area contributed by atoms with Crippen LogP contribution in [-0.2, 0) is 6.54 Å². The lowest BCUT2D eigenvalue weighted by Gasteiger charge is -2.22. The molecular weight excluding hydrogens is 300 g/mol. The summed E-state index contributed by atoms with van der Waals surface area (Å²) in [5.41, 5.74) is 13.7. The van der Waals surface area contributed by atoms with Gasteiger partial charge >= 0.3 is 0 Å². The second-order valence-corrected chi connectivity index (χ2v) is 6.40. The fourth-order valence-corrected chi connectivity index (χ4v) is 1.80. The van der Waals surface area contributed by atoms with Crippen molar-refractivity contribution in [1.82, 2.24) is 15.4 Å². The first-order valence-corrected chi connectivity index (χ1v) is 7.35. The van der Waals surface area contributed by atoms with Gasteiger partial charge in [0.2, 0.25) is 0 Å². The minimum atomic E-state index is -0.103. The van der Waals surface area contributed by atoms with Crippen LogP contribution in [0.2, 0.25) is 5.02 Å². The zero-order valence-corrected chi connectivity index (χ0v) is 13.7. The Kier molecular flexibility index (Phi) is 5.05. The number of hydrazine groups is 1. The maximum absolute atomic E-state index is 6.09. The highest BCUT2D eigenvalue weighted by Gasteiger charge is 2.12. The summed E-state index contributed by atoms with van der Waals surface area (Å²) in [5.74, 6) is 1.13. The van der Waals surface area contributed by atoms with Crippen molar-refractivity contribution in [3.8, 4) is 0 Å². The van der Waals surface area contributed by atoms with Crippen molar-refractivity contribution in [2.24, 2.45) is 0 Å². The number of hydrogen-bond acceptors (Lipinski definition) is 6. The van der Waals surface area contributed by atoms with Gasteiger partial charge in [-0.1, -0.05) is 23.7 Å². The van der Waals surface area contributed by atoms with Crippen LogP contribution in [0.25, 0.3) is 0 Å². The molecule has 6 nitrogen and oxygen atoms in total. The minimum absolute atomic E-state index is 0.103. The molecule has 0 spiro atoms. The summed E-state index contributed by atoms with van der Waals surface area (Å²) in [6.07, 6.45) is 1.47. The molecule has 0 saturated heterocycles. The van der Waals surface area contributed by atoms with Gasteiger partial charge in [-0.2, -0.15) is 0 Å². The van der Waals surface area contributed by atoms with Crippen molar-refractivity contribution in [1.29, 1.82) is 0 Å². The molecule has 22 heavy (non-hydrogen) atoms. The minimum Gasteiger partial charge on any atom is -0.393 e. The van der Waals surface area contributed by atoms with E-state index in [-0.39, 0.29) is 5.54 Å². The van der Waals surface area contributed by atoms with E-state index in [1.165, 1.54) is 6.33 Å². The molecule has 2 aromatic rings. The van der Waals surface area contributed by atoms with E-state index in [0.717, 1.165) is 5.56 Å². The van der Waals surface area contributed by atoms with E-state index in [2.05, 4.69) is 26.1 Å². The molecule has 1 heterocycles. The van der Waals surface area contributed by atoms with Crippen molar-refractivity contribution in [3.05, 3.63) is 41.2 Å². The Labute approximate surface area is 135 Å². The van der Waals surface area contributed by atoms with Crippen LogP contribution in [-0.4, -0.2) is 15.5 Å². The largest absolute Gasteiger partial charge is 0.393 e. The summed E-state index contributed by atoms with van der Waals surface area (Å²) in [6, 6.07) is 7.60. The fourth-order valence-electron chi connectivity index (χ4n) is 1.67. The van der Waals surface area contributed by atoms with Crippen molar-refractivity contribution in [2.45, 2.75) is 32.9 Å². The third-order valence-corrected chi connectivity index (χ3v) is 3.07. The van der Waals surface area contributed by atoms with E-state index >= 15 is 0 Å². The van der Waals surface area contributed by atoms with Crippen LogP contribution >= 0.6 is 11.6 Å². The van der Waals surface area contributed by atoms with Gasteiger partial charge < -0.3 is 16.5 Å². The topological polar surface area (TPSA) is 87.9 Å². The van der Waals surface area contributed by atoms with E-state index < -0.39 is 0 Å². The lowest BCUT2D eigenvalue weighted by Crippen LogP contribution is -2.40. The Bertz CT molecular complexity index is 621. The molecule has 0 bridgehead atoms. The number of nitrogen functional groups attached to an aromatic ring is 1. The second kappa shape index (κ2) is 6.81. The van der Waals surface area contributed by atoms with Crippen LogP contribution in [0, 0.1) is 0 Å². The highest BCUT2D eigenvalue weighted by Crippen LogP contribution is 2.22. The molecule has 118 valence electrons. The molecule has 0 radical (unpaired) electrons. The van der Waals surface area contributed by atoms with Crippen LogP contribution < -0.4 is 21.9 Å². The number of nitrogens with zero attached hydrogens (tertiary/aromatic N) is 2. The van der Waals surface area contributed by atoms with Gasteiger partial charge in [-0.05, 0) is 38.5 Å². The SMILES string of the molecule is CC(C)(C)NNc1ncnc(NCc2ccc(Cl)cc2)c1N. The Balaban J connectivity index is 2.03. The Hall–Kier alpha value is -2.05. The smallest absolute Gasteiger partial charge is 0.169 e. The highest BCUT2D eigenvalue weighted by atomic mass is 35.5. The Morgan fingerprint density at radius 1 is 1.09 bits per heavy atom. The molecular formula is C15H21ClN6. The van der Waals surface area contributed by atoms with E-state index in [9.17, 15) is 0 Å². The normalized spacial score (nSPS) is 11.3. The van der Waals surface area contributed by atoms with Crippen LogP contribution in [0.15, 0.2) is 30.6 Å². The summed E-state index contributed by atoms with van der Waals surface area (Å²) < 4.78 is 0. The number of hydrogen-bond donors (Lipinski definition) is 4. The first-order valence-electron chi connectivity index (χ1n) is 6.97. The van der Waals surface area contributed by atoms with Crippen LogP contribution in [0.3, 0.4) is 0 Å². The van der Waals surface area contributed by atoms with Crippen LogP contribution in [0.5, 0.6) is 0 Å². The van der Waals surface area contributed by atoms with Crippen molar-refractivity contribution >= 4 is 28.9 Å². The monoisotopic (exact) mass is 320 g/mol. The van der Waals surface area contributed by atoms with E-state index in [1.54, 1.807) is 0 Å². The lowest BCUT2D eigenvalue weighted by atomic mass is 10.1.